The first-order chi connectivity index (χ1) is 8.63. The minimum Gasteiger partial charge on any atom is -0.381 e. The van der Waals surface area contributed by atoms with Crippen molar-refractivity contribution >= 4 is 17.3 Å². The highest BCUT2D eigenvalue weighted by Gasteiger charge is 2.35. The highest BCUT2D eigenvalue weighted by Crippen LogP contribution is 2.43. The summed E-state index contributed by atoms with van der Waals surface area (Å²) in [5.41, 5.74) is 0.213. The molecule has 18 heavy (non-hydrogen) atoms. The Balaban J connectivity index is 1.69. The van der Waals surface area contributed by atoms with Crippen molar-refractivity contribution in [2.75, 3.05) is 11.9 Å². The summed E-state index contributed by atoms with van der Waals surface area (Å²) >= 11 is 5.84. The SMILES string of the molecule is Fc1cc(F)c(NCC2CC3C=CC2C3)c(Cl)c1. The molecule has 2 aliphatic rings. The van der Waals surface area contributed by atoms with Gasteiger partial charge in [0.2, 0.25) is 0 Å². The van der Waals surface area contributed by atoms with Gasteiger partial charge in [0.15, 0.2) is 5.82 Å². The fourth-order valence-corrected chi connectivity index (χ4v) is 3.33. The maximum Gasteiger partial charge on any atom is 0.150 e. The molecule has 0 spiro atoms. The van der Waals surface area contributed by atoms with Gasteiger partial charge in [-0.3, -0.25) is 0 Å². The molecule has 1 fully saturated rings. The van der Waals surface area contributed by atoms with Crippen LogP contribution in [0.4, 0.5) is 14.5 Å². The zero-order valence-corrected chi connectivity index (χ0v) is 10.6. The van der Waals surface area contributed by atoms with Crippen molar-refractivity contribution in [2.45, 2.75) is 12.8 Å². The summed E-state index contributed by atoms with van der Waals surface area (Å²) in [7, 11) is 0. The Kier molecular flexibility index (Phi) is 3.02. The normalized spacial score (nSPS) is 28.9. The molecule has 1 nitrogen and oxygen atoms in total. The van der Waals surface area contributed by atoms with E-state index in [1.807, 2.05) is 0 Å². The summed E-state index contributed by atoms with van der Waals surface area (Å²) in [6.45, 7) is 0.688. The number of hydrogen-bond donors (Lipinski definition) is 1. The van der Waals surface area contributed by atoms with Gasteiger partial charge in [-0.2, -0.15) is 0 Å². The van der Waals surface area contributed by atoms with E-state index in [1.54, 1.807) is 0 Å². The van der Waals surface area contributed by atoms with Gasteiger partial charge < -0.3 is 5.32 Å². The largest absolute Gasteiger partial charge is 0.381 e. The average molecular weight is 270 g/mol. The number of halogens is 3. The maximum absolute atomic E-state index is 13.6. The molecule has 96 valence electrons. The van der Waals surface area contributed by atoms with Gasteiger partial charge in [-0.1, -0.05) is 23.8 Å². The molecular formula is C14H14ClF2N. The molecule has 3 unspecified atom stereocenters. The predicted octanol–water partition coefficient (Wildman–Crippen LogP) is 4.24. The quantitative estimate of drug-likeness (QED) is 0.809. The summed E-state index contributed by atoms with van der Waals surface area (Å²) in [6, 6.07) is 1.99. The van der Waals surface area contributed by atoms with E-state index in [0.29, 0.717) is 24.3 Å². The van der Waals surface area contributed by atoms with Crippen molar-refractivity contribution in [3.05, 3.63) is 40.9 Å². The van der Waals surface area contributed by atoms with Crippen molar-refractivity contribution in [3.63, 3.8) is 0 Å². The molecular weight excluding hydrogens is 256 g/mol. The third-order valence-electron chi connectivity index (χ3n) is 3.96. The lowest BCUT2D eigenvalue weighted by molar-refractivity contribution is 0.470. The molecule has 3 atom stereocenters. The van der Waals surface area contributed by atoms with Crippen LogP contribution in [0, 0.1) is 29.4 Å². The van der Waals surface area contributed by atoms with E-state index in [4.69, 9.17) is 11.6 Å². The van der Waals surface area contributed by atoms with Crippen LogP contribution in [-0.4, -0.2) is 6.54 Å². The third-order valence-corrected chi connectivity index (χ3v) is 4.26. The molecule has 3 rings (SSSR count). The summed E-state index contributed by atoms with van der Waals surface area (Å²) in [5.74, 6) is 0.547. The molecule has 0 saturated heterocycles. The lowest BCUT2D eigenvalue weighted by atomic mass is 9.93. The third kappa shape index (κ3) is 2.12. The molecule has 0 aromatic heterocycles. The van der Waals surface area contributed by atoms with E-state index in [2.05, 4.69) is 17.5 Å². The smallest absolute Gasteiger partial charge is 0.150 e. The highest BCUT2D eigenvalue weighted by atomic mass is 35.5. The van der Waals surface area contributed by atoms with Crippen molar-refractivity contribution < 1.29 is 8.78 Å². The number of rotatable bonds is 3. The van der Waals surface area contributed by atoms with Gasteiger partial charge in [0, 0.05) is 12.6 Å². The standard InChI is InChI=1S/C14H14ClF2N/c15-12-5-11(16)6-13(17)14(12)18-7-10-4-8-1-2-9(10)3-8/h1-2,5-6,8-10,18H,3-4,7H2. The number of hydrogen-bond acceptors (Lipinski definition) is 1. The lowest BCUT2D eigenvalue weighted by Gasteiger charge is -2.20. The molecule has 1 N–H and O–H groups in total. The Morgan fingerprint density at radius 3 is 2.67 bits per heavy atom. The van der Waals surface area contributed by atoms with Crippen molar-refractivity contribution in [2.24, 2.45) is 17.8 Å². The van der Waals surface area contributed by atoms with Crippen molar-refractivity contribution in [1.82, 2.24) is 0 Å². The molecule has 2 bridgehead atoms. The zero-order valence-electron chi connectivity index (χ0n) is 9.80. The zero-order chi connectivity index (χ0) is 12.7. The number of allylic oxidation sites excluding steroid dienone is 2. The molecule has 0 radical (unpaired) electrons. The van der Waals surface area contributed by atoms with Crippen LogP contribution in [0.15, 0.2) is 24.3 Å². The van der Waals surface area contributed by atoms with E-state index in [-0.39, 0.29) is 10.7 Å². The maximum atomic E-state index is 13.6. The Morgan fingerprint density at radius 1 is 1.22 bits per heavy atom. The first kappa shape index (κ1) is 12.0. The topological polar surface area (TPSA) is 12.0 Å². The van der Waals surface area contributed by atoms with E-state index < -0.39 is 11.6 Å². The van der Waals surface area contributed by atoms with Gasteiger partial charge >= 0.3 is 0 Å². The minimum atomic E-state index is -0.647. The Bertz CT molecular complexity index is 478. The molecule has 1 aromatic carbocycles. The molecule has 1 saturated carbocycles. The van der Waals surface area contributed by atoms with Crippen LogP contribution in [0.1, 0.15) is 12.8 Å². The van der Waals surface area contributed by atoms with Crippen LogP contribution in [0.5, 0.6) is 0 Å². The fraction of sp³-hybridized carbons (Fsp3) is 0.429. The van der Waals surface area contributed by atoms with Crippen molar-refractivity contribution in [3.8, 4) is 0 Å². The van der Waals surface area contributed by atoms with Gasteiger partial charge in [-0.25, -0.2) is 8.78 Å². The molecule has 0 heterocycles. The van der Waals surface area contributed by atoms with E-state index in [9.17, 15) is 8.78 Å². The number of nitrogens with one attached hydrogen (secondary N) is 1. The summed E-state index contributed by atoms with van der Waals surface area (Å²) < 4.78 is 26.5. The minimum absolute atomic E-state index is 0.103. The van der Waals surface area contributed by atoms with Crippen LogP contribution >= 0.6 is 11.6 Å². The van der Waals surface area contributed by atoms with E-state index in [1.165, 1.54) is 6.42 Å². The molecule has 0 aliphatic heterocycles. The first-order valence-electron chi connectivity index (χ1n) is 6.20. The average Bonchev–Trinajstić information content (AvgIpc) is 2.89. The van der Waals surface area contributed by atoms with E-state index in [0.717, 1.165) is 18.6 Å². The highest BCUT2D eigenvalue weighted by molar-refractivity contribution is 6.33. The van der Waals surface area contributed by atoms with Crippen LogP contribution in [0.3, 0.4) is 0 Å². The predicted molar refractivity (Wildman–Crippen MR) is 68.7 cm³/mol. The Hall–Kier alpha value is -1.09. The fourth-order valence-electron chi connectivity index (χ4n) is 3.07. The summed E-state index contributed by atoms with van der Waals surface area (Å²) in [5, 5.41) is 3.13. The second kappa shape index (κ2) is 4.54. The molecule has 1 aromatic rings. The first-order valence-corrected chi connectivity index (χ1v) is 6.58. The number of benzene rings is 1. The Labute approximate surface area is 110 Å². The van der Waals surface area contributed by atoms with Gasteiger partial charge in [-0.15, -0.1) is 0 Å². The molecule has 0 amide bonds. The van der Waals surface area contributed by atoms with Gasteiger partial charge in [0.05, 0.1) is 10.7 Å². The monoisotopic (exact) mass is 269 g/mol. The molecule has 4 heteroatoms. The van der Waals surface area contributed by atoms with Gasteiger partial charge in [0.25, 0.3) is 0 Å². The number of anilines is 1. The second-order valence-corrected chi connectivity index (χ2v) is 5.57. The van der Waals surface area contributed by atoms with Crippen LogP contribution in [0.2, 0.25) is 5.02 Å². The van der Waals surface area contributed by atoms with Gasteiger partial charge in [-0.05, 0) is 36.7 Å². The van der Waals surface area contributed by atoms with Crippen LogP contribution in [0.25, 0.3) is 0 Å². The number of fused-ring (bicyclic) bond motifs is 2. The van der Waals surface area contributed by atoms with Crippen LogP contribution < -0.4 is 5.32 Å². The Morgan fingerprint density at radius 2 is 2.06 bits per heavy atom. The van der Waals surface area contributed by atoms with Crippen LogP contribution in [-0.2, 0) is 0 Å². The summed E-state index contributed by atoms with van der Waals surface area (Å²) in [6.07, 6.45) is 6.89. The van der Waals surface area contributed by atoms with Crippen molar-refractivity contribution in [1.29, 1.82) is 0 Å². The lowest BCUT2D eigenvalue weighted by Crippen LogP contribution is -2.19. The molecule has 2 aliphatic carbocycles. The second-order valence-electron chi connectivity index (χ2n) is 5.17. The van der Waals surface area contributed by atoms with Gasteiger partial charge in [0.1, 0.15) is 5.82 Å². The summed E-state index contributed by atoms with van der Waals surface area (Å²) in [4.78, 5) is 0. The van der Waals surface area contributed by atoms with E-state index >= 15 is 0 Å².